The largest absolute Gasteiger partial charge is 0.364 e. The van der Waals surface area contributed by atoms with E-state index in [0.29, 0.717) is 13.1 Å². The number of hydrogen-bond donors (Lipinski definition) is 2. The Morgan fingerprint density at radius 3 is 2.86 bits per heavy atom. The van der Waals surface area contributed by atoms with Crippen molar-refractivity contribution in [3.8, 4) is 0 Å². The van der Waals surface area contributed by atoms with Gasteiger partial charge in [-0.15, -0.1) is 11.3 Å². The van der Waals surface area contributed by atoms with Crippen LogP contribution >= 0.6 is 11.3 Å². The lowest BCUT2D eigenvalue weighted by molar-refractivity contribution is 0.410. The van der Waals surface area contributed by atoms with Gasteiger partial charge in [-0.2, -0.15) is 0 Å². The molecule has 0 aliphatic rings. The van der Waals surface area contributed by atoms with Gasteiger partial charge in [0.05, 0.1) is 18.8 Å². The van der Waals surface area contributed by atoms with E-state index < -0.39 is 0 Å². The highest BCUT2D eigenvalue weighted by atomic mass is 32.1. The first-order valence-electron chi connectivity index (χ1n) is 6.72. The van der Waals surface area contributed by atoms with Gasteiger partial charge in [0, 0.05) is 32.1 Å². The predicted octanol–water partition coefficient (Wildman–Crippen LogP) is 1.45. The summed E-state index contributed by atoms with van der Waals surface area (Å²) in [4.78, 5) is 11.0. The van der Waals surface area contributed by atoms with Gasteiger partial charge in [-0.3, -0.25) is 0 Å². The molecule has 0 saturated heterocycles. The summed E-state index contributed by atoms with van der Waals surface area (Å²) in [5, 5.41) is 13.3. The van der Waals surface area contributed by atoms with E-state index in [0.717, 1.165) is 29.0 Å². The average molecular weight is 308 g/mol. The third-order valence-electron chi connectivity index (χ3n) is 2.59. The molecule has 0 amide bonds. The van der Waals surface area contributed by atoms with Gasteiger partial charge in [0.2, 0.25) is 0 Å². The molecule has 2 aromatic heterocycles. The Morgan fingerprint density at radius 1 is 1.38 bits per heavy atom. The molecule has 0 fully saturated rings. The zero-order valence-corrected chi connectivity index (χ0v) is 13.3. The molecule has 0 bridgehead atoms. The van der Waals surface area contributed by atoms with E-state index in [9.17, 15) is 0 Å². The second kappa shape index (κ2) is 7.63. The highest BCUT2D eigenvalue weighted by Crippen LogP contribution is 2.18. The van der Waals surface area contributed by atoms with Crippen LogP contribution in [0.25, 0.3) is 0 Å². The number of nitrogens with zero attached hydrogens (tertiary/aromatic N) is 4. The first kappa shape index (κ1) is 15.3. The van der Waals surface area contributed by atoms with Crippen molar-refractivity contribution in [2.45, 2.75) is 20.0 Å². The third-order valence-corrected chi connectivity index (χ3v) is 3.65. The maximum absolute atomic E-state index is 4.80. The Morgan fingerprint density at radius 2 is 2.24 bits per heavy atom. The Kier molecular flexibility index (Phi) is 5.56. The topological polar surface area (TPSA) is 78.6 Å². The van der Waals surface area contributed by atoms with Gasteiger partial charge in [0.1, 0.15) is 12.0 Å². The molecule has 0 aliphatic carbocycles. The quantitative estimate of drug-likeness (QED) is 0.621. The van der Waals surface area contributed by atoms with Crippen molar-refractivity contribution in [1.29, 1.82) is 0 Å². The number of anilines is 1. The van der Waals surface area contributed by atoms with Crippen LogP contribution in [0.4, 0.5) is 5.13 Å². The molecule has 0 radical (unpaired) electrons. The minimum Gasteiger partial charge on any atom is -0.364 e. The molecule has 8 heteroatoms. The zero-order valence-electron chi connectivity index (χ0n) is 12.5. The fourth-order valence-corrected chi connectivity index (χ4v) is 2.33. The molecule has 0 spiro atoms. The molecular formula is C13H20N6OS. The van der Waals surface area contributed by atoms with Crippen molar-refractivity contribution in [3.05, 3.63) is 29.1 Å². The van der Waals surface area contributed by atoms with Crippen LogP contribution in [0.3, 0.4) is 0 Å². The fourth-order valence-electron chi connectivity index (χ4n) is 1.58. The van der Waals surface area contributed by atoms with Gasteiger partial charge in [0.15, 0.2) is 11.1 Å². The van der Waals surface area contributed by atoms with Crippen LogP contribution in [0.5, 0.6) is 0 Å². The number of nitrogens with one attached hydrogen (secondary N) is 2. The van der Waals surface area contributed by atoms with Crippen molar-refractivity contribution < 1.29 is 4.52 Å². The van der Waals surface area contributed by atoms with Crippen molar-refractivity contribution >= 4 is 22.4 Å². The standard InChI is InChI=1S/C13H20N6OS/c1-4-14-12(15-7-10-5-6-20-18-10)16-8-11-9-21-13(17-11)19(2)3/h5-6,9H,4,7-8H2,1-3H3,(H2,14,15,16). The van der Waals surface area contributed by atoms with Crippen LogP contribution in [-0.4, -0.2) is 36.7 Å². The van der Waals surface area contributed by atoms with E-state index in [1.54, 1.807) is 17.6 Å². The Bertz CT molecular complexity index is 563. The smallest absolute Gasteiger partial charge is 0.191 e. The molecular weight excluding hydrogens is 288 g/mol. The van der Waals surface area contributed by atoms with E-state index in [-0.39, 0.29) is 0 Å². The molecule has 21 heavy (non-hydrogen) atoms. The molecule has 0 atom stereocenters. The summed E-state index contributed by atoms with van der Waals surface area (Å²) in [6, 6.07) is 1.82. The van der Waals surface area contributed by atoms with Gasteiger partial charge >= 0.3 is 0 Å². The molecule has 2 heterocycles. The van der Waals surface area contributed by atoms with Crippen LogP contribution in [0.1, 0.15) is 18.3 Å². The Balaban J connectivity index is 1.92. The van der Waals surface area contributed by atoms with Crippen molar-refractivity contribution in [3.63, 3.8) is 0 Å². The fraction of sp³-hybridized carbons (Fsp3) is 0.462. The van der Waals surface area contributed by atoms with Gasteiger partial charge in [-0.05, 0) is 6.92 Å². The van der Waals surface area contributed by atoms with E-state index >= 15 is 0 Å². The highest BCUT2D eigenvalue weighted by molar-refractivity contribution is 7.13. The van der Waals surface area contributed by atoms with Crippen LogP contribution in [0, 0.1) is 0 Å². The second-order valence-corrected chi connectivity index (χ2v) is 5.39. The number of aliphatic imine (C=N–C) groups is 1. The first-order valence-corrected chi connectivity index (χ1v) is 7.60. The van der Waals surface area contributed by atoms with E-state index in [4.69, 9.17) is 4.52 Å². The van der Waals surface area contributed by atoms with E-state index in [2.05, 4.69) is 25.8 Å². The second-order valence-electron chi connectivity index (χ2n) is 4.56. The lowest BCUT2D eigenvalue weighted by Crippen LogP contribution is -2.36. The summed E-state index contributed by atoms with van der Waals surface area (Å²) < 4.78 is 4.80. The van der Waals surface area contributed by atoms with Gasteiger partial charge in [-0.25, -0.2) is 9.98 Å². The SMILES string of the molecule is CCNC(=NCc1csc(N(C)C)n1)NCc1ccon1. The molecule has 0 aromatic carbocycles. The summed E-state index contributed by atoms with van der Waals surface area (Å²) in [5.41, 5.74) is 1.80. The number of rotatable bonds is 6. The molecule has 114 valence electrons. The van der Waals surface area contributed by atoms with Crippen LogP contribution in [0.15, 0.2) is 27.2 Å². The zero-order chi connectivity index (χ0) is 15.1. The molecule has 0 saturated carbocycles. The Hall–Kier alpha value is -2.09. The monoisotopic (exact) mass is 308 g/mol. The van der Waals surface area contributed by atoms with Crippen molar-refractivity contribution in [2.24, 2.45) is 4.99 Å². The minimum atomic E-state index is 0.540. The normalized spacial score (nSPS) is 11.5. The number of guanidine groups is 1. The highest BCUT2D eigenvalue weighted by Gasteiger charge is 2.04. The molecule has 0 unspecified atom stereocenters. The summed E-state index contributed by atoms with van der Waals surface area (Å²) in [6.07, 6.45) is 1.55. The minimum absolute atomic E-state index is 0.540. The molecule has 7 nitrogen and oxygen atoms in total. The van der Waals surface area contributed by atoms with Crippen molar-refractivity contribution in [2.75, 3.05) is 25.5 Å². The van der Waals surface area contributed by atoms with Crippen LogP contribution in [0.2, 0.25) is 0 Å². The van der Waals surface area contributed by atoms with Crippen LogP contribution < -0.4 is 15.5 Å². The Labute approximate surface area is 128 Å². The molecule has 0 aliphatic heterocycles. The van der Waals surface area contributed by atoms with Gasteiger partial charge in [0.25, 0.3) is 0 Å². The van der Waals surface area contributed by atoms with E-state index in [1.165, 1.54) is 0 Å². The number of thiazole rings is 1. The predicted molar refractivity (Wildman–Crippen MR) is 84.6 cm³/mol. The summed E-state index contributed by atoms with van der Waals surface area (Å²) in [7, 11) is 3.96. The molecule has 2 N–H and O–H groups in total. The molecule has 2 rings (SSSR count). The van der Waals surface area contributed by atoms with Gasteiger partial charge < -0.3 is 20.1 Å². The maximum atomic E-state index is 4.80. The number of aromatic nitrogens is 2. The summed E-state index contributed by atoms with van der Waals surface area (Å²) in [6.45, 7) is 3.94. The first-order chi connectivity index (χ1) is 10.2. The van der Waals surface area contributed by atoms with Crippen LogP contribution in [-0.2, 0) is 13.1 Å². The summed E-state index contributed by atoms with van der Waals surface area (Å²) >= 11 is 1.62. The van der Waals surface area contributed by atoms with Crippen molar-refractivity contribution in [1.82, 2.24) is 20.8 Å². The lowest BCUT2D eigenvalue weighted by Gasteiger charge is -2.09. The number of hydrogen-bond acceptors (Lipinski definition) is 6. The van der Waals surface area contributed by atoms with Gasteiger partial charge in [-0.1, -0.05) is 5.16 Å². The maximum Gasteiger partial charge on any atom is 0.191 e. The third kappa shape index (κ3) is 4.75. The average Bonchev–Trinajstić information content (AvgIpc) is 3.13. The molecule has 2 aromatic rings. The van der Waals surface area contributed by atoms with E-state index in [1.807, 2.05) is 37.4 Å². The lowest BCUT2D eigenvalue weighted by atomic mass is 10.4. The summed E-state index contributed by atoms with van der Waals surface area (Å²) in [5.74, 6) is 0.736.